The lowest BCUT2D eigenvalue weighted by atomic mass is 10.1. The molecule has 36 heavy (non-hydrogen) atoms. The van der Waals surface area contributed by atoms with Gasteiger partial charge in [-0.2, -0.15) is 0 Å². The second-order valence-electron chi connectivity index (χ2n) is 9.10. The first-order valence-electron chi connectivity index (χ1n) is 11.5. The molecule has 2 N–H and O–H groups in total. The van der Waals surface area contributed by atoms with E-state index in [1.807, 2.05) is 6.92 Å². The van der Waals surface area contributed by atoms with Gasteiger partial charge in [-0.05, 0) is 52.0 Å². The van der Waals surface area contributed by atoms with E-state index in [9.17, 15) is 13.2 Å². The number of hydrogen-bond donors (Lipinski definition) is 2. The Morgan fingerprint density at radius 3 is 2.53 bits per heavy atom. The number of sulfone groups is 1. The zero-order valence-electron chi connectivity index (χ0n) is 20.9. The van der Waals surface area contributed by atoms with Gasteiger partial charge in [-0.1, -0.05) is 0 Å². The van der Waals surface area contributed by atoms with Crippen LogP contribution in [-0.2, 0) is 19.3 Å². The van der Waals surface area contributed by atoms with Gasteiger partial charge < -0.3 is 20.3 Å². The zero-order valence-corrected chi connectivity index (χ0v) is 22.5. The first-order chi connectivity index (χ1) is 17.0. The highest BCUT2D eigenvalue weighted by Crippen LogP contribution is 2.37. The Hall–Kier alpha value is -3.09. The number of nitrogens with one attached hydrogen (secondary N) is 2. The van der Waals surface area contributed by atoms with Gasteiger partial charge in [0, 0.05) is 42.0 Å². The lowest BCUT2D eigenvalue weighted by Gasteiger charge is -2.35. The average Bonchev–Trinajstić information content (AvgIpc) is 3.31. The molecule has 0 bridgehead atoms. The minimum absolute atomic E-state index is 0.0646. The first-order valence-corrected chi connectivity index (χ1v) is 13.9. The molecule has 1 fully saturated rings. The number of aromatic nitrogens is 3. The number of rotatable bonds is 6. The first kappa shape index (κ1) is 26.0. The Kier molecular flexibility index (Phi) is 7.30. The molecule has 4 rings (SSSR count). The number of nitrogens with zero attached hydrogens (tertiary/aromatic N) is 4. The summed E-state index contributed by atoms with van der Waals surface area (Å²) in [5.74, 6) is 1.03. The fourth-order valence-corrected chi connectivity index (χ4v) is 6.67. The molecule has 1 aliphatic heterocycles. The summed E-state index contributed by atoms with van der Waals surface area (Å²) in [4.78, 5) is 27.5. The molecule has 1 aliphatic rings. The molecule has 2 amide bonds. The van der Waals surface area contributed by atoms with Crippen LogP contribution in [-0.4, -0.2) is 62.2 Å². The molecule has 12 heteroatoms. The van der Waals surface area contributed by atoms with Crippen LogP contribution in [0.1, 0.15) is 32.2 Å². The number of hydrogen-bond acceptors (Lipinski definition) is 9. The molecule has 3 aromatic rings. The van der Waals surface area contributed by atoms with Crippen LogP contribution in [0.4, 0.5) is 16.3 Å². The van der Waals surface area contributed by atoms with Gasteiger partial charge in [0.1, 0.15) is 10.6 Å². The van der Waals surface area contributed by atoms with Crippen LogP contribution in [0.25, 0.3) is 11.4 Å². The van der Waals surface area contributed by atoms with Gasteiger partial charge in [-0.25, -0.2) is 28.2 Å². The molecule has 0 saturated carbocycles. The van der Waals surface area contributed by atoms with Gasteiger partial charge in [0.15, 0.2) is 5.82 Å². The number of thiazole rings is 1. The molecule has 192 valence electrons. The Morgan fingerprint density at radius 1 is 1.19 bits per heavy atom. The third-order valence-electron chi connectivity index (χ3n) is 6.12. The maximum absolute atomic E-state index is 13.7. The topological polar surface area (TPSA) is 126 Å². The van der Waals surface area contributed by atoms with Gasteiger partial charge in [0.2, 0.25) is 14.2 Å². The monoisotopic (exact) mass is 530 g/mol. The number of benzene rings is 1. The molecule has 1 saturated heterocycles. The molecule has 0 aliphatic carbocycles. The summed E-state index contributed by atoms with van der Waals surface area (Å²) in [7, 11) is -2.29. The van der Waals surface area contributed by atoms with Crippen LogP contribution in [0.2, 0.25) is 0 Å². The van der Waals surface area contributed by atoms with E-state index in [-0.39, 0.29) is 16.4 Å². The lowest BCUT2D eigenvalue weighted by Crippen LogP contribution is -2.44. The van der Waals surface area contributed by atoms with Crippen LogP contribution in [0.15, 0.2) is 40.1 Å². The second-order valence-corrected chi connectivity index (χ2v) is 12.6. The molecule has 0 unspecified atom stereocenters. The molecule has 1 aromatic carbocycles. The van der Waals surface area contributed by atoms with Gasteiger partial charge >= 0.3 is 6.03 Å². The second kappa shape index (κ2) is 10.1. The molecular weight excluding hydrogens is 500 g/mol. The van der Waals surface area contributed by atoms with Crippen molar-refractivity contribution in [1.29, 1.82) is 0 Å². The predicted molar refractivity (Wildman–Crippen MR) is 140 cm³/mol. The van der Waals surface area contributed by atoms with E-state index >= 15 is 0 Å². The summed E-state index contributed by atoms with van der Waals surface area (Å²) >= 11 is 1.11. The van der Waals surface area contributed by atoms with Gasteiger partial charge in [-0.3, -0.25) is 0 Å². The van der Waals surface area contributed by atoms with E-state index in [1.165, 1.54) is 0 Å². The van der Waals surface area contributed by atoms with E-state index in [2.05, 4.69) is 20.5 Å². The van der Waals surface area contributed by atoms with E-state index < -0.39 is 14.6 Å². The summed E-state index contributed by atoms with van der Waals surface area (Å²) in [5, 5.41) is 6.95. The highest BCUT2D eigenvalue weighted by Gasteiger charge is 2.42. The van der Waals surface area contributed by atoms with Gasteiger partial charge in [0.05, 0.1) is 24.9 Å². The van der Waals surface area contributed by atoms with Crippen molar-refractivity contribution >= 4 is 38.7 Å². The number of morpholine rings is 1. The summed E-state index contributed by atoms with van der Waals surface area (Å²) < 4.78 is 31.6. The minimum Gasteiger partial charge on any atom is -0.377 e. The van der Waals surface area contributed by atoms with Crippen LogP contribution < -0.4 is 15.5 Å². The Balaban J connectivity index is 1.81. The molecule has 3 heterocycles. The van der Waals surface area contributed by atoms with Crippen molar-refractivity contribution in [3.8, 4) is 11.4 Å². The number of amides is 2. The van der Waals surface area contributed by atoms with Gasteiger partial charge in [0.25, 0.3) is 0 Å². The molecule has 10 nitrogen and oxygen atoms in total. The van der Waals surface area contributed by atoms with Crippen molar-refractivity contribution in [2.45, 2.75) is 42.8 Å². The fourth-order valence-electron chi connectivity index (χ4n) is 3.79. The molecule has 1 atom stereocenters. The number of urea groups is 1. The molecule has 0 spiro atoms. The summed E-state index contributed by atoms with van der Waals surface area (Å²) in [6.07, 6.45) is 0. The standard InChI is InChI=1S/C24H30N6O4S2/c1-15-14-35-23(26-15)36(32,33)24(3,4)19-12-20(30-10-11-34-13-16(30)2)29-21(28-19)17-6-8-18(9-7-17)27-22(31)25-5/h6-9,12,14,16H,10-11,13H2,1-5H3,(H2,25,27,31)/t16-/m0/s1. The van der Waals surface area contributed by atoms with Crippen molar-refractivity contribution in [2.75, 3.05) is 37.0 Å². The number of aryl methyl sites for hydroxylation is 1. The van der Waals surface area contributed by atoms with E-state index in [0.717, 1.165) is 11.3 Å². The predicted octanol–water partition coefficient (Wildman–Crippen LogP) is 3.59. The van der Waals surface area contributed by atoms with Crippen molar-refractivity contribution in [3.63, 3.8) is 0 Å². The van der Waals surface area contributed by atoms with E-state index in [1.54, 1.807) is 63.5 Å². The Bertz CT molecular complexity index is 1360. The number of ether oxygens (including phenoxy) is 1. The van der Waals surface area contributed by atoms with Gasteiger partial charge in [-0.15, -0.1) is 11.3 Å². The quantitative estimate of drug-likeness (QED) is 0.495. The van der Waals surface area contributed by atoms with E-state index in [0.29, 0.717) is 54.0 Å². The maximum Gasteiger partial charge on any atom is 0.318 e. The summed E-state index contributed by atoms with van der Waals surface area (Å²) in [5.41, 5.74) is 2.34. The normalized spacial score (nSPS) is 16.6. The number of carbonyl (C=O) groups excluding carboxylic acids is 1. The molecule has 2 aromatic heterocycles. The average molecular weight is 531 g/mol. The van der Waals surface area contributed by atoms with Crippen molar-refractivity contribution in [3.05, 3.63) is 47.1 Å². The van der Waals surface area contributed by atoms with Crippen molar-refractivity contribution in [2.24, 2.45) is 0 Å². The Morgan fingerprint density at radius 2 is 1.92 bits per heavy atom. The van der Waals surface area contributed by atoms with Crippen molar-refractivity contribution in [1.82, 2.24) is 20.3 Å². The third-order valence-corrected chi connectivity index (χ3v) is 9.92. The highest BCUT2D eigenvalue weighted by atomic mass is 32.2. The summed E-state index contributed by atoms with van der Waals surface area (Å²) in [6.45, 7) is 8.84. The van der Waals surface area contributed by atoms with Crippen LogP contribution in [0.5, 0.6) is 0 Å². The third kappa shape index (κ3) is 5.06. The highest BCUT2D eigenvalue weighted by molar-refractivity contribution is 7.94. The fraction of sp³-hybridized carbons (Fsp3) is 0.417. The SMILES string of the molecule is CNC(=O)Nc1ccc(-c2nc(N3CCOC[C@@H]3C)cc(C(C)(C)S(=O)(=O)c3nc(C)cs3)n2)cc1. The molecule has 0 radical (unpaired) electrons. The maximum atomic E-state index is 13.7. The largest absolute Gasteiger partial charge is 0.377 e. The zero-order chi connectivity index (χ0) is 26.1. The van der Waals surface area contributed by atoms with Crippen molar-refractivity contribution < 1.29 is 17.9 Å². The van der Waals surface area contributed by atoms with Crippen LogP contribution in [0, 0.1) is 6.92 Å². The lowest BCUT2D eigenvalue weighted by molar-refractivity contribution is 0.0985. The molecular formula is C24H30N6O4S2. The van der Waals surface area contributed by atoms with Crippen LogP contribution >= 0.6 is 11.3 Å². The number of carbonyl (C=O) groups is 1. The Labute approximate surface area is 215 Å². The van der Waals surface area contributed by atoms with Crippen LogP contribution in [0.3, 0.4) is 0 Å². The van der Waals surface area contributed by atoms with E-state index in [4.69, 9.17) is 14.7 Å². The summed E-state index contributed by atoms with van der Waals surface area (Å²) in [6, 6.07) is 8.58. The number of anilines is 2. The minimum atomic E-state index is -3.83. The smallest absolute Gasteiger partial charge is 0.318 e.